The summed E-state index contributed by atoms with van der Waals surface area (Å²) in [7, 11) is -3.54. The fourth-order valence-corrected chi connectivity index (χ4v) is 2.40. The molecule has 0 saturated carbocycles. The van der Waals surface area contributed by atoms with Crippen LogP contribution in [0.1, 0.15) is 24.8 Å². The van der Waals surface area contributed by atoms with E-state index < -0.39 is 16.1 Å². The highest BCUT2D eigenvalue weighted by Crippen LogP contribution is 2.06. The van der Waals surface area contributed by atoms with Gasteiger partial charge in [-0.1, -0.05) is 12.1 Å². The van der Waals surface area contributed by atoms with Crippen LogP contribution in [0.2, 0.25) is 0 Å². The molecule has 7 heteroatoms. The number of nitrogens with one attached hydrogen (secondary N) is 1. The fraction of sp³-hybridized carbons (Fsp3) is 0.556. The predicted octanol–water partition coefficient (Wildman–Crippen LogP) is 0.705. The third-order valence-corrected chi connectivity index (χ3v) is 3.22. The van der Waals surface area contributed by atoms with Crippen LogP contribution in [0.5, 0.6) is 0 Å². The lowest BCUT2D eigenvalue weighted by atomic mass is 10.3. The molecule has 0 saturated heterocycles. The summed E-state index contributed by atoms with van der Waals surface area (Å²) in [5.41, 5.74) is 0.331. The van der Waals surface area contributed by atoms with Gasteiger partial charge in [-0.25, -0.2) is 8.42 Å². The van der Waals surface area contributed by atoms with Crippen molar-refractivity contribution in [1.82, 2.24) is 9.88 Å². The van der Waals surface area contributed by atoms with Gasteiger partial charge in [-0.15, -0.1) is 0 Å². The molecule has 0 aliphatic carbocycles. The Bertz CT molecular complexity index is 486. The first-order valence-electron chi connectivity index (χ1n) is 4.78. The van der Waals surface area contributed by atoms with Crippen molar-refractivity contribution in [2.45, 2.75) is 32.1 Å². The number of aryl methyl sites for hydroxylation is 1. The Hall–Kier alpha value is -1.39. The van der Waals surface area contributed by atoms with Crippen LogP contribution in [-0.2, 0) is 15.8 Å². The smallest absolute Gasteiger partial charge is 0.218 e. The highest BCUT2D eigenvalue weighted by molar-refractivity contribution is 7.88. The van der Waals surface area contributed by atoms with Gasteiger partial charge in [0.25, 0.3) is 0 Å². The van der Waals surface area contributed by atoms with Crippen LogP contribution in [0.4, 0.5) is 0 Å². The maximum absolute atomic E-state index is 11.6. The van der Waals surface area contributed by atoms with Gasteiger partial charge in [0.1, 0.15) is 23.2 Å². The van der Waals surface area contributed by atoms with Crippen LogP contribution >= 0.6 is 0 Å². The van der Waals surface area contributed by atoms with Crippen molar-refractivity contribution in [3.05, 3.63) is 17.5 Å². The first-order chi connectivity index (χ1) is 7.46. The van der Waals surface area contributed by atoms with Gasteiger partial charge in [-0.3, -0.25) is 0 Å². The minimum absolute atomic E-state index is 0.275. The molecule has 1 atom stereocenters. The molecule has 0 spiro atoms. The highest BCUT2D eigenvalue weighted by atomic mass is 32.2. The summed E-state index contributed by atoms with van der Waals surface area (Å²) in [5.74, 6) is 0.278. The van der Waals surface area contributed by atoms with Gasteiger partial charge in [0, 0.05) is 6.07 Å². The number of nitriles is 1. The summed E-state index contributed by atoms with van der Waals surface area (Å²) in [5, 5.41) is 12.2. The summed E-state index contributed by atoms with van der Waals surface area (Å²) in [4.78, 5) is 0. The number of hydrogen-bond acceptors (Lipinski definition) is 5. The van der Waals surface area contributed by atoms with Gasteiger partial charge >= 0.3 is 0 Å². The molecular formula is C9H13N3O3S. The van der Waals surface area contributed by atoms with Gasteiger partial charge in [0.2, 0.25) is 10.0 Å². The van der Waals surface area contributed by atoms with Crippen LogP contribution in [0.3, 0.4) is 0 Å². The second kappa shape index (κ2) is 5.09. The molecule has 0 fully saturated rings. The SMILES string of the molecule is CCC(C#N)NS(=O)(=O)Cc1cc(C)on1. The molecule has 1 unspecified atom stereocenters. The lowest BCUT2D eigenvalue weighted by molar-refractivity contribution is 0.392. The van der Waals surface area contributed by atoms with Gasteiger partial charge in [0.05, 0.1) is 6.07 Å². The third-order valence-electron chi connectivity index (χ3n) is 1.90. The van der Waals surface area contributed by atoms with E-state index in [4.69, 9.17) is 9.78 Å². The molecule has 0 aliphatic heterocycles. The van der Waals surface area contributed by atoms with E-state index in [2.05, 4.69) is 9.88 Å². The van der Waals surface area contributed by atoms with Crippen molar-refractivity contribution in [3.63, 3.8) is 0 Å². The standard InChI is InChI=1S/C9H13N3O3S/c1-3-8(5-10)12-16(13,14)6-9-4-7(2)15-11-9/h4,8,12H,3,6H2,1-2H3. The summed E-state index contributed by atoms with van der Waals surface area (Å²) >= 11 is 0. The molecule has 0 aliphatic rings. The molecule has 6 nitrogen and oxygen atoms in total. The number of sulfonamides is 1. The minimum atomic E-state index is -3.54. The molecule has 0 radical (unpaired) electrons. The quantitative estimate of drug-likeness (QED) is 0.821. The maximum Gasteiger partial charge on any atom is 0.218 e. The number of rotatable bonds is 5. The van der Waals surface area contributed by atoms with Crippen LogP contribution < -0.4 is 4.72 Å². The minimum Gasteiger partial charge on any atom is -0.361 e. The summed E-state index contributed by atoms with van der Waals surface area (Å²) in [6, 6.07) is 2.72. The predicted molar refractivity (Wildman–Crippen MR) is 56.7 cm³/mol. The van der Waals surface area contributed by atoms with Gasteiger partial charge in [0.15, 0.2) is 0 Å². The van der Waals surface area contributed by atoms with Gasteiger partial charge < -0.3 is 4.52 Å². The molecule has 1 aromatic rings. The van der Waals surface area contributed by atoms with Crippen molar-refractivity contribution in [1.29, 1.82) is 5.26 Å². The lowest BCUT2D eigenvalue weighted by Crippen LogP contribution is -2.34. The Morgan fingerprint density at radius 3 is 2.81 bits per heavy atom. The van der Waals surface area contributed by atoms with E-state index in [9.17, 15) is 8.42 Å². The zero-order valence-electron chi connectivity index (χ0n) is 9.10. The Labute approximate surface area is 94.3 Å². The highest BCUT2D eigenvalue weighted by Gasteiger charge is 2.18. The van der Waals surface area contributed by atoms with E-state index in [1.165, 1.54) is 0 Å². The van der Waals surface area contributed by atoms with E-state index in [0.717, 1.165) is 0 Å². The fourth-order valence-electron chi connectivity index (χ4n) is 1.14. The van der Waals surface area contributed by atoms with Crippen molar-refractivity contribution < 1.29 is 12.9 Å². The topological polar surface area (TPSA) is 96.0 Å². The van der Waals surface area contributed by atoms with Gasteiger partial charge in [-0.2, -0.15) is 9.98 Å². The van der Waals surface area contributed by atoms with Crippen LogP contribution in [0.15, 0.2) is 10.6 Å². The average molecular weight is 243 g/mol. The molecule has 1 rings (SSSR count). The van der Waals surface area contributed by atoms with Gasteiger partial charge in [-0.05, 0) is 13.3 Å². The van der Waals surface area contributed by atoms with E-state index in [1.807, 2.05) is 6.07 Å². The van der Waals surface area contributed by atoms with Crippen LogP contribution in [0, 0.1) is 18.3 Å². The normalized spacial score (nSPS) is 13.3. The zero-order valence-corrected chi connectivity index (χ0v) is 9.91. The van der Waals surface area contributed by atoms with E-state index in [-0.39, 0.29) is 5.75 Å². The monoisotopic (exact) mass is 243 g/mol. The van der Waals surface area contributed by atoms with Crippen LogP contribution in [-0.4, -0.2) is 19.6 Å². The molecule has 16 heavy (non-hydrogen) atoms. The van der Waals surface area contributed by atoms with Crippen molar-refractivity contribution in [3.8, 4) is 6.07 Å². The Kier molecular flexibility index (Phi) is 4.04. The number of nitrogens with zero attached hydrogens (tertiary/aromatic N) is 2. The third kappa shape index (κ3) is 3.64. The van der Waals surface area contributed by atoms with E-state index in [1.54, 1.807) is 19.9 Å². The molecule has 0 bridgehead atoms. The van der Waals surface area contributed by atoms with Crippen LogP contribution in [0.25, 0.3) is 0 Å². The zero-order chi connectivity index (χ0) is 12.2. The van der Waals surface area contributed by atoms with E-state index in [0.29, 0.717) is 17.9 Å². The Morgan fingerprint density at radius 2 is 2.38 bits per heavy atom. The Balaban J connectivity index is 2.69. The first kappa shape index (κ1) is 12.7. The summed E-state index contributed by atoms with van der Waals surface area (Å²) in [6.45, 7) is 3.41. The van der Waals surface area contributed by atoms with Crippen molar-refractivity contribution in [2.24, 2.45) is 0 Å². The number of hydrogen-bond donors (Lipinski definition) is 1. The molecule has 1 N–H and O–H groups in total. The summed E-state index contributed by atoms with van der Waals surface area (Å²) in [6.07, 6.45) is 0.424. The molecular weight excluding hydrogens is 230 g/mol. The van der Waals surface area contributed by atoms with E-state index >= 15 is 0 Å². The molecule has 1 aromatic heterocycles. The van der Waals surface area contributed by atoms with Crippen molar-refractivity contribution >= 4 is 10.0 Å². The largest absolute Gasteiger partial charge is 0.361 e. The lowest BCUT2D eigenvalue weighted by Gasteiger charge is -2.08. The second-order valence-electron chi connectivity index (χ2n) is 3.40. The molecule has 88 valence electrons. The molecule has 1 heterocycles. The second-order valence-corrected chi connectivity index (χ2v) is 5.15. The Morgan fingerprint density at radius 1 is 1.69 bits per heavy atom. The summed E-state index contributed by atoms with van der Waals surface area (Å²) < 4.78 is 30.2. The molecule has 0 aromatic carbocycles. The number of aromatic nitrogens is 1. The average Bonchev–Trinajstić information content (AvgIpc) is 2.59. The first-order valence-corrected chi connectivity index (χ1v) is 6.44. The van der Waals surface area contributed by atoms with Crippen molar-refractivity contribution in [2.75, 3.05) is 0 Å². The maximum atomic E-state index is 11.6. The molecule has 0 amide bonds.